The number of imide groups is 1. The van der Waals surface area contributed by atoms with Gasteiger partial charge in [0.15, 0.2) is 0 Å². The monoisotopic (exact) mass is 842 g/mol. The number of anilines is 1. The van der Waals surface area contributed by atoms with E-state index in [-0.39, 0.29) is 42.0 Å². The maximum Gasteiger partial charge on any atom is 0.255 e. The van der Waals surface area contributed by atoms with Crippen molar-refractivity contribution in [3.8, 4) is 22.4 Å². The summed E-state index contributed by atoms with van der Waals surface area (Å²) < 4.78 is 0. The van der Waals surface area contributed by atoms with Gasteiger partial charge in [-0.25, -0.2) is 9.97 Å². The molecule has 5 heterocycles. The van der Waals surface area contributed by atoms with Gasteiger partial charge in [-0.05, 0) is 91.9 Å². The molecule has 0 spiro atoms. The van der Waals surface area contributed by atoms with Crippen LogP contribution in [0.5, 0.6) is 0 Å². The normalized spacial score (nSPS) is 22.5. The maximum atomic E-state index is 13.8. The lowest BCUT2D eigenvalue weighted by Gasteiger charge is -2.39. The summed E-state index contributed by atoms with van der Waals surface area (Å²) in [6, 6.07) is 23.8. The molecule has 9 rings (SSSR count). The van der Waals surface area contributed by atoms with E-state index in [9.17, 15) is 24.0 Å². The van der Waals surface area contributed by atoms with Crippen molar-refractivity contribution < 1.29 is 24.0 Å². The van der Waals surface area contributed by atoms with Gasteiger partial charge in [-0.1, -0.05) is 78.7 Å². The molecule has 2 N–H and O–H groups in total. The number of amides is 5. The second-order valence-electron chi connectivity index (χ2n) is 17.1. The topological polar surface area (TPSA) is 148 Å². The van der Waals surface area contributed by atoms with Crippen LogP contribution in [0.15, 0.2) is 79.0 Å². The van der Waals surface area contributed by atoms with Crippen LogP contribution in [0.4, 0.5) is 5.95 Å². The van der Waals surface area contributed by atoms with Gasteiger partial charge in [-0.2, -0.15) is 0 Å². The van der Waals surface area contributed by atoms with Crippen LogP contribution >= 0.6 is 11.6 Å². The number of rotatable bonds is 9. The quantitative estimate of drug-likeness (QED) is 0.201. The number of nitrogens with one attached hydrogen (secondary N) is 2. The molecule has 0 bridgehead atoms. The number of carbonyl (C=O) groups excluding carboxylic acids is 5. The van der Waals surface area contributed by atoms with E-state index in [1.807, 2.05) is 52.3 Å². The first kappa shape index (κ1) is 40.7. The number of piperazine rings is 1. The van der Waals surface area contributed by atoms with Crippen LogP contribution in [-0.4, -0.2) is 117 Å². The molecule has 5 amide bonds. The van der Waals surface area contributed by atoms with Crippen LogP contribution < -0.4 is 10.6 Å². The molecule has 1 aliphatic carbocycles. The highest BCUT2D eigenvalue weighted by molar-refractivity contribution is 6.33. The third-order valence-electron chi connectivity index (χ3n) is 13.3. The summed E-state index contributed by atoms with van der Waals surface area (Å²) in [5.74, 6) is 0.130. The fourth-order valence-corrected chi connectivity index (χ4v) is 10.0. The first-order valence-electron chi connectivity index (χ1n) is 21.7. The lowest BCUT2D eigenvalue weighted by Crippen LogP contribution is -2.54. The minimum Gasteiger partial charge on any atom is -0.351 e. The van der Waals surface area contributed by atoms with Gasteiger partial charge >= 0.3 is 0 Å². The minimum atomic E-state index is -0.624. The van der Waals surface area contributed by atoms with Crippen LogP contribution in [0.2, 0.25) is 5.02 Å². The SMILES string of the molecule is O=C1CCC(N2Cc3cc(C4CCN(CC(=O)N5CCN(C(=O)C6CCCC(Nc7ncc(Cl)c(-c8cccc(-c9ccccc9)c8)n7)C6)CC5)CC4)ccc3C2=O)C(=O)N1. The fraction of sp³-hybridized carbons (Fsp3) is 0.426. The molecule has 1 aromatic heterocycles. The summed E-state index contributed by atoms with van der Waals surface area (Å²) in [6.07, 6.45) is 7.42. The van der Waals surface area contributed by atoms with Crippen molar-refractivity contribution in [1.29, 1.82) is 0 Å². The molecule has 4 fully saturated rings. The third kappa shape index (κ3) is 8.90. The highest BCUT2D eigenvalue weighted by atomic mass is 35.5. The van der Waals surface area contributed by atoms with Gasteiger partial charge in [0.2, 0.25) is 29.6 Å². The highest BCUT2D eigenvalue weighted by Gasteiger charge is 2.40. The third-order valence-corrected chi connectivity index (χ3v) is 13.5. The molecule has 3 atom stereocenters. The average molecular weight is 843 g/mol. The molecule has 4 aliphatic heterocycles. The Bertz CT molecular complexity index is 2330. The number of halogens is 1. The van der Waals surface area contributed by atoms with E-state index in [4.69, 9.17) is 16.6 Å². The molecule has 3 saturated heterocycles. The van der Waals surface area contributed by atoms with Crippen LogP contribution in [0.3, 0.4) is 0 Å². The van der Waals surface area contributed by atoms with Gasteiger partial charge in [0.25, 0.3) is 5.91 Å². The molecule has 0 radical (unpaired) electrons. The lowest BCUT2D eigenvalue weighted by molar-refractivity contribution is -0.143. The average Bonchev–Trinajstić information content (AvgIpc) is 3.62. The highest BCUT2D eigenvalue weighted by Crippen LogP contribution is 2.35. The van der Waals surface area contributed by atoms with E-state index < -0.39 is 11.9 Å². The summed E-state index contributed by atoms with van der Waals surface area (Å²) in [5, 5.41) is 6.35. The van der Waals surface area contributed by atoms with Gasteiger partial charge in [0.1, 0.15) is 6.04 Å². The number of likely N-dealkylation sites (tertiary alicyclic amines) is 1. The van der Waals surface area contributed by atoms with Crippen LogP contribution in [0.25, 0.3) is 22.4 Å². The van der Waals surface area contributed by atoms with Crippen molar-refractivity contribution in [2.24, 2.45) is 5.92 Å². The Morgan fingerprint density at radius 2 is 1.56 bits per heavy atom. The Hall–Kier alpha value is -5.66. The zero-order chi connectivity index (χ0) is 42.0. The predicted octanol–water partition coefficient (Wildman–Crippen LogP) is 5.75. The molecule has 61 heavy (non-hydrogen) atoms. The Kier molecular flexibility index (Phi) is 11.8. The smallest absolute Gasteiger partial charge is 0.255 e. The first-order valence-corrected chi connectivity index (χ1v) is 22.1. The molecule has 4 aromatic rings. The summed E-state index contributed by atoms with van der Waals surface area (Å²) in [4.78, 5) is 81.5. The number of carbonyl (C=O) groups is 5. The predicted molar refractivity (Wildman–Crippen MR) is 231 cm³/mol. The van der Waals surface area contributed by atoms with E-state index >= 15 is 0 Å². The second kappa shape index (κ2) is 17.7. The zero-order valence-electron chi connectivity index (χ0n) is 34.2. The zero-order valence-corrected chi connectivity index (χ0v) is 35.0. The largest absolute Gasteiger partial charge is 0.351 e. The summed E-state index contributed by atoms with van der Waals surface area (Å²) >= 11 is 6.62. The van der Waals surface area contributed by atoms with Gasteiger partial charge in [-0.3, -0.25) is 34.2 Å². The molecule has 14 heteroatoms. The molecule has 5 aliphatic rings. The van der Waals surface area contributed by atoms with Gasteiger partial charge in [-0.15, -0.1) is 0 Å². The Labute approximate surface area is 360 Å². The summed E-state index contributed by atoms with van der Waals surface area (Å²) in [7, 11) is 0. The van der Waals surface area contributed by atoms with Crippen LogP contribution in [-0.2, 0) is 25.7 Å². The maximum absolute atomic E-state index is 13.8. The molecule has 316 valence electrons. The van der Waals surface area contributed by atoms with Crippen molar-refractivity contribution in [1.82, 2.24) is 34.9 Å². The summed E-state index contributed by atoms with van der Waals surface area (Å²) in [5.41, 5.74) is 6.49. The van der Waals surface area contributed by atoms with Crippen LogP contribution in [0, 0.1) is 5.92 Å². The molecule has 3 unspecified atom stereocenters. The second-order valence-corrected chi connectivity index (χ2v) is 17.5. The molecule has 1 saturated carbocycles. The number of hydrogen-bond acceptors (Lipinski definition) is 9. The van der Waals surface area contributed by atoms with Gasteiger partial charge in [0.05, 0.1) is 23.5 Å². The van der Waals surface area contributed by atoms with E-state index in [0.29, 0.717) is 80.3 Å². The van der Waals surface area contributed by atoms with Crippen molar-refractivity contribution in [3.63, 3.8) is 0 Å². The number of hydrogen-bond donors (Lipinski definition) is 2. The number of fused-ring (bicyclic) bond motifs is 1. The minimum absolute atomic E-state index is 0.0571. The fourth-order valence-electron chi connectivity index (χ4n) is 9.84. The van der Waals surface area contributed by atoms with Crippen molar-refractivity contribution in [3.05, 3.63) is 101 Å². The Morgan fingerprint density at radius 3 is 2.34 bits per heavy atom. The van der Waals surface area contributed by atoms with Crippen molar-refractivity contribution in [2.75, 3.05) is 51.1 Å². The first-order chi connectivity index (χ1) is 29.7. The van der Waals surface area contributed by atoms with Gasteiger partial charge < -0.3 is 20.0 Å². The molecular weight excluding hydrogens is 792 g/mol. The molecule has 3 aromatic carbocycles. The van der Waals surface area contributed by atoms with E-state index in [1.54, 1.807) is 11.1 Å². The van der Waals surface area contributed by atoms with E-state index in [1.165, 1.54) is 5.56 Å². The number of aromatic nitrogens is 2. The van der Waals surface area contributed by atoms with Crippen molar-refractivity contribution in [2.45, 2.75) is 75.9 Å². The van der Waals surface area contributed by atoms with E-state index in [2.05, 4.69) is 50.8 Å². The number of nitrogens with zero attached hydrogens (tertiary/aromatic N) is 6. The lowest BCUT2D eigenvalue weighted by atomic mass is 9.84. The van der Waals surface area contributed by atoms with Gasteiger partial charge in [0, 0.05) is 62.2 Å². The van der Waals surface area contributed by atoms with Crippen LogP contribution in [0.1, 0.15) is 78.8 Å². The number of benzene rings is 3. The summed E-state index contributed by atoms with van der Waals surface area (Å²) in [6.45, 7) is 4.47. The number of piperidine rings is 2. The van der Waals surface area contributed by atoms with E-state index in [0.717, 1.165) is 67.4 Å². The Morgan fingerprint density at radius 1 is 0.803 bits per heavy atom. The molecular formula is C47H51ClN8O5. The standard InChI is InChI=1S/C47H51ClN8O5/c48-39-27-49-47(52-43(39)34-9-4-8-32(24-34)30-6-2-1-3-7-30)50-37-11-5-10-35(26-37)45(60)55-22-20-54(21-23-55)42(58)29-53-18-16-31(17-19-53)33-12-13-38-36(25-33)28-56(46(38)61)40-14-15-41(57)51-44(40)59/h1-4,6-9,12-13,24-25,27,31,35,37,40H,5,10-11,14-23,26,28-29H2,(H,49,50,52)(H,51,57,59). The molecule has 13 nitrogen and oxygen atoms in total. The Balaban J connectivity index is 0.727. The van der Waals surface area contributed by atoms with Crippen molar-refractivity contribution >= 4 is 47.1 Å².